The van der Waals surface area contributed by atoms with E-state index in [1.54, 1.807) is 0 Å². The molecule has 24 heavy (non-hydrogen) atoms. The van der Waals surface area contributed by atoms with E-state index >= 15 is 0 Å². The van der Waals surface area contributed by atoms with Crippen LogP contribution >= 0.6 is 15.9 Å². The fourth-order valence-electron chi connectivity index (χ4n) is 2.77. The van der Waals surface area contributed by atoms with Gasteiger partial charge in [-0.05, 0) is 28.8 Å². The van der Waals surface area contributed by atoms with Gasteiger partial charge in [-0.25, -0.2) is 9.59 Å². The number of carbonyl (C=O) groups excluding carboxylic acids is 1. The SMILES string of the molecule is O=C(O)C1Cc2cc(Br)ccc2CN1C(=O)OCc1ccccc1. The van der Waals surface area contributed by atoms with E-state index in [-0.39, 0.29) is 19.6 Å². The summed E-state index contributed by atoms with van der Waals surface area (Å²) in [6.45, 7) is 0.350. The van der Waals surface area contributed by atoms with E-state index in [1.807, 2.05) is 48.5 Å². The zero-order chi connectivity index (χ0) is 17.1. The largest absolute Gasteiger partial charge is 0.480 e. The first-order valence-corrected chi connectivity index (χ1v) is 8.31. The zero-order valence-corrected chi connectivity index (χ0v) is 14.4. The van der Waals surface area contributed by atoms with Gasteiger partial charge in [0, 0.05) is 10.9 Å². The van der Waals surface area contributed by atoms with Gasteiger partial charge in [0.1, 0.15) is 12.6 Å². The van der Waals surface area contributed by atoms with Crippen LogP contribution in [0, 0.1) is 0 Å². The summed E-state index contributed by atoms with van der Waals surface area (Å²) in [5, 5.41) is 9.48. The summed E-state index contributed by atoms with van der Waals surface area (Å²) in [5.74, 6) is -1.03. The smallest absolute Gasteiger partial charge is 0.411 e. The summed E-state index contributed by atoms with van der Waals surface area (Å²) in [6.07, 6.45) is -0.343. The number of hydrogen-bond acceptors (Lipinski definition) is 3. The Morgan fingerprint density at radius 2 is 1.92 bits per heavy atom. The summed E-state index contributed by atoms with van der Waals surface area (Å²) < 4.78 is 6.20. The third-order valence-electron chi connectivity index (χ3n) is 4.02. The summed E-state index contributed by atoms with van der Waals surface area (Å²) in [7, 11) is 0. The number of nitrogens with zero attached hydrogens (tertiary/aromatic N) is 1. The van der Waals surface area contributed by atoms with Crippen molar-refractivity contribution < 1.29 is 19.4 Å². The van der Waals surface area contributed by atoms with E-state index in [0.29, 0.717) is 0 Å². The molecular weight excluding hydrogens is 374 g/mol. The van der Waals surface area contributed by atoms with Gasteiger partial charge in [0.2, 0.25) is 0 Å². The van der Waals surface area contributed by atoms with Crippen molar-refractivity contribution in [1.29, 1.82) is 0 Å². The molecule has 0 aromatic heterocycles. The molecule has 0 saturated carbocycles. The molecular formula is C18H16BrNO4. The minimum atomic E-state index is -1.03. The predicted molar refractivity (Wildman–Crippen MR) is 91.4 cm³/mol. The maximum absolute atomic E-state index is 12.4. The van der Waals surface area contributed by atoms with Crippen LogP contribution in [0.5, 0.6) is 0 Å². The van der Waals surface area contributed by atoms with Crippen molar-refractivity contribution in [2.45, 2.75) is 25.6 Å². The molecule has 6 heteroatoms. The third kappa shape index (κ3) is 3.59. The molecule has 2 aromatic rings. The van der Waals surface area contributed by atoms with Crippen LogP contribution in [-0.4, -0.2) is 28.1 Å². The van der Waals surface area contributed by atoms with Gasteiger partial charge in [-0.2, -0.15) is 0 Å². The normalized spacial score (nSPS) is 16.4. The summed E-state index contributed by atoms with van der Waals surface area (Å²) >= 11 is 3.39. The van der Waals surface area contributed by atoms with Crippen LogP contribution in [0.1, 0.15) is 16.7 Å². The molecule has 0 fully saturated rings. The maximum atomic E-state index is 12.4. The van der Waals surface area contributed by atoms with Gasteiger partial charge in [0.05, 0.1) is 6.54 Å². The average Bonchev–Trinajstić information content (AvgIpc) is 2.59. The molecule has 1 unspecified atom stereocenters. The van der Waals surface area contributed by atoms with E-state index < -0.39 is 18.1 Å². The lowest BCUT2D eigenvalue weighted by molar-refractivity contribution is -0.143. The third-order valence-corrected chi connectivity index (χ3v) is 4.52. The summed E-state index contributed by atoms with van der Waals surface area (Å²) in [6, 6.07) is 14.1. The first-order valence-electron chi connectivity index (χ1n) is 7.52. The molecule has 1 aliphatic heterocycles. The second-order valence-electron chi connectivity index (χ2n) is 5.64. The van der Waals surface area contributed by atoms with E-state index in [1.165, 1.54) is 4.90 Å². The Morgan fingerprint density at radius 1 is 1.17 bits per heavy atom. The topological polar surface area (TPSA) is 66.8 Å². The lowest BCUT2D eigenvalue weighted by Crippen LogP contribution is -2.48. The Morgan fingerprint density at radius 3 is 2.62 bits per heavy atom. The molecule has 1 amide bonds. The average molecular weight is 390 g/mol. The molecule has 0 radical (unpaired) electrons. The highest BCUT2D eigenvalue weighted by Gasteiger charge is 2.35. The predicted octanol–water partition coefficient (Wildman–Crippen LogP) is 3.60. The molecule has 1 N–H and O–H groups in total. The number of fused-ring (bicyclic) bond motifs is 1. The highest BCUT2D eigenvalue weighted by molar-refractivity contribution is 9.10. The van der Waals surface area contributed by atoms with Crippen LogP contribution < -0.4 is 0 Å². The highest BCUT2D eigenvalue weighted by atomic mass is 79.9. The molecule has 2 aromatic carbocycles. The van der Waals surface area contributed by atoms with Crippen LogP contribution in [-0.2, 0) is 29.1 Å². The minimum Gasteiger partial charge on any atom is -0.480 e. The Balaban J connectivity index is 1.76. The Bertz CT molecular complexity index is 763. The number of halogens is 1. The molecule has 0 spiro atoms. The fraction of sp³-hybridized carbons (Fsp3) is 0.222. The van der Waals surface area contributed by atoms with Gasteiger partial charge in [-0.3, -0.25) is 4.90 Å². The van der Waals surface area contributed by atoms with Crippen molar-refractivity contribution in [2.24, 2.45) is 0 Å². The molecule has 1 aliphatic rings. The van der Waals surface area contributed by atoms with Gasteiger partial charge >= 0.3 is 12.1 Å². The number of ether oxygens (including phenoxy) is 1. The van der Waals surface area contributed by atoms with Gasteiger partial charge in [0.15, 0.2) is 0 Å². The first-order chi connectivity index (χ1) is 11.5. The quantitative estimate of drug-likeness (QED) is 0.870. The number of amides is 1. The van der Waals surface area contributed by atoms with Gasteiger partial charge < -0.3 is 9.84 Å². The molecule has 0 bridgehead atoms. The number of carbonyl (C=O) groups is 2. The minimum absolute atomic E-state index is 0.121. The zero-order valence-electron chi connectivity index (χ0n) is 12.8. The lowest BCUT2D eigenvalue weighted by Gasteiger charge is -2.33. The van der Waals surface area contributed by atoms with Crippen LogP contribution in [0.2, 0.25) is 0 Å². The second kappa shape index (κ2) is 7.05. The van der Waals surface area contributed by atoms with E-state index in [0.717, 1.165) is 21.2 Å². The Kier molecular flexibility index (Phi) is 4.85. The van der Waals surface area contributed by atoms with Gasteiger partial charge in [-0.15, -0.1) is 0 Å². The number of aliphatic carboxylic acids is 1. The van der Waals surface area contributed by atoms with E-state index in [4.69, 9.17) is 4.74 Å². The maximum Gasteiger partial charge on any atom is 0.411 e. The van der Waals surface area contributed by atoms with Gasteiger partial charge in [-0.1, -0.05) is 52.3 Å². The van der Waals surface area contributed by atoms with Crippen molar-refractivity contribution in [2.75, 3.05) is 0 Å². The number of carboxylic acid groups (broad SMARTS) is 1. The van der Waals surface area contributed by atoms with Crippen molar-refractivity contribution >= 4 is 28.0 Å². The standard InChI is InChI=1S/C18H16BrNO4/c19-15-7-6-13-10-20(16(17(21)22)9-14(13)8-15)18(23)24-11-12-4-2-1-3-5-12/h1-8,16H,9-11H2,(H,21,22). The van der Waals surface area contributed by atoms with E-state index in [9.17, 15) is 14.7 Å². The number of carboxylic acids is 1. The fourth-order valence-corrected chi connectivity index (χ4v) is 3.17. The van der Waals surface area contributed by atoms with Crippen molar-refractivity contribution in [3.63, 3.8) is 0 Å². The Hall–Kier alpha value is -2.34. The Labute approximate surface area is 148 Å². The monoisotopic (exact) mass is 389 g/mol. The van der Waals surface area contributed by atoms with Crippen LogP contribution in [0.25, 0.3) is 0 Å². The summed E-state index contributed by atoms with van der Waals surface area (Å²) in [5.41, 5.74) is 2.73. The molecule has 1 atom stereocenters. The number of rotatable bonds is 3. The molecule has 0 saturated heterocycles. The highest BCUT2D eigenvalue weighted by Crippen LogP contribution is 2.27. The van der Waals surface area contributed by atoms with Crippen LogP contribution in [0.4, 0.5) is 4.79 Å². The molecule has 1 heterocycles. The molecule has 3 rings (SSSR count). The van der Waals surface area contributed by atoms with Crippen molar-refractivity contribution in [3.05, 3.63) is 69.7 Å². The second-order valence-corrected chi connectivity index (χ2v) is 6.55. The first kappa shape index (κ1) is 16.5. The van der Waals surface area contributed by atoms with Crippen LogP contribution in [0.3, 0.4) is 0 Å². The molecule has 5 nitrogen and oxygen atoms in total. The van der Waals surface area contributed by atoms with Gasteiger partial charge in [0.25, 0.3) is 0 Å². The summed E-state index contributed by atoms with van der Waals surface area (Å²) in [4.78, 5) is 25.3. The molecule has 0 aliphatic carbocycles. The molecule has 124 valence electrons. The number of benzene rings is 2. The van der Waals surface area contributed by atoms with Crippen LogP contribution in [0.15, 0.2) is 53.0 Å². The van der Waals surface area contributed by atoms with Crippen molar-refractivity contribution in [3.8, 4) is 0 Å². The number of hydrogen-bond donors (Lipinski definition) is 1. The van der Waals surface area contributed by atoms with E-state index in [2.05, 4.69) is 15.9 Å². The lowest BCUT2D eigenvalue weighted by atomic mass is 9.94. The van der Waals surface area contributed by atoms with Crippen molar-refractivity contribution in [1.82, 2.24) is 4.90 Å².